The van der Waals surface area contributed by atoms with E-state index in [2.05, 4.69) is 0 Å². The van der Waals surface area contributed by atoms with Gasteiger partial charge in [0.2, 0.25) is 0 Å². The molecule has 3 atom stereocenters. The fourth-order valence-electron chi connectivity index (χ4n) is 4.27. The molecular formula is C21H17F2N5O2. The second-order valence-electron chi connectivity index (χ2n) is 7.07. The highest BCUT2D eigenvalue weighted by Crippen LogP contribution is 2.53. The van der Waals surface area contributed by atoms with Crippen LogP contribution in [0, 0.1) is 68.3 Å². The molecule has 0 radical (unpaired) electrons. The molecule has 7 nitrogen and oxygen atoms in total. The van der Waals surface area contributed by atoms with Crippen LogP contribution in [0.2, 0.25) is 0 Å². The van der Waals surface area contributed by atoms with Gasteiger partial charge in [-0.05, 0) is 24.1 Å². The predicted octanol–water partition coefficient (Wildman–Crippen LogP) is 3.27. The van der Waals surface area contributed by atoms with Gasteiger partial charge in [0.1, 0.15) is 17.6 Å². The topological polar surface area (TPSA) is 125 Å². The molecular weight excluding hydrogens is 392 g/mol. The van der Waals surface area contributed by atoms with Crippen LogP contribution in [0.3, 0.4) is 0 Å². The highest BCUT2D eigenvalue weighted by atomic mass is 19.1. The Hall–Kier alpha value is -3.77. The van der Waals surface area contributed by atoms with Crippen molar-refractivity contribution in [1.82, 2.24) is 4.90 Å². The standard InChI is InChI=1S/C21H17F2N5O2/c1-2-30-20(29)28-6-5-13-15(8-24)19(27)21(10-25,11-26)18(16(13)9-28)14-4-3-12(22)7-17(14)23/h3-5,7,15-16,18,27H,2,6,9H2,1H3/t15?,16-,18-/m0/s1. The van der Waals surface area contributed by atoms with Crippen molar-refractivity contribution in [1.29, 1.82) is 21.2 Å². The van der Waals surface area contributed by atoms with Gasteiger partial charge in [0, 0.05) is 31.0 Å². The lowest BCUT2D eigenvalue weighted by atomic mass is 9.54. The van der Waals surface area contributed by atoms with E-state index >= 15 is 0 Å². The van der Waals surface area contributed by atoms with E-state index in [-0.39, 0.29) is 25.3 Å². The Balaban J connectivity index is 2.23. The van der Waals surface area contributed by atoms with Gasteiger partial charge in [-0.3, -0.25) is 0 Å². The summed E-state index contributed by atoms with van der Waals surface area (Å²) in [5.74, 6) is -4.97. The first-order valence-electron chi connectivity index (χ1n) is 9.22. The van der Waals surface area contributed by atoms with Crippen molar-refractivity contribution in [3.05, 3.63) is 47.0 Å². The Bertz CT molecular complexity index is 1050. The minimum absolute atomic E-state index is 0.0390. The number of rotatable bonds is 2. The lowest BCUT2D eigenvalue weighted by Gasteiger charge is -2.47. The molecule has 1 fully saturated rings. The van der Waals surface area contributed by atoms with E-state index in [9.17, 15) is 29.4 Å². The Morgan fingerprint density at radius 3 is 2.60 bits per heavy atom. The van der Waals surface area contributed by atoms with Gasteiger partial charge in [0.05, 0.1) is 30.5 Å². The van der Waals surface area contributed by atoms with Gasteiger partial charge >= 0.3 is 6.09 Å². The van der Waals surface area contributed by atoms with E-state index in [1.165, 1.54) is 4.90 Å². The molecule has 30 heavy (non-hydrogen) atoms. The molecule has 1 aromatic rings. The van der Waals surface area contributed by atoms with E-state index < -0.39 is 46.6 Å². The number of halogens is 2. The van der Waals surface area contributed by atoms with Crippen molar-refractivity contribution in [3.8, 4) is 18.2 Å². The summed E-state index contributed by atoms with van der Waals surface area (Å²) in [6, 6.07) is 8.38. The second-order valence-corrected chi connectivity index (χ2v) is 7.07. The fraction of sp³-hybridized carbons (Fsp3) is 0.381. The Morgan fingerprint density at radius 1 is 1.33 bits per heavy atom. The minimum Gasteiger partial charge on any atom is -0.450 e. The number of hydrogen-bond donors (Lipinski definition) is 1. The summed E-state index contributed by atoms with van der Waals surface area (Å²) in [4.78, 5) is 13.6. The van der Waals surface area contributed by atoms with E-state index in [1.807, 2.05) is 18.2 Å². The van der Waals surface area contributed by atoms with Crippen LogP contribution in [0.15, 0.2) is 29.8 Å². The number of ether oxygens (including phenoxy) is 1. The number of nitrogens with zero attached hydrogens (tertiary/aromatic N) is 4. The third kappa shape index (κ3) is 3.07. The smallest absolute Gasteiger partial charge is 0.410 e. The summed E-state index contributed by atoms with van der Waals surface area (Å²) in [5, 5.41) is 37.9. The van der Waals surface area contributed by atoms with Crippen LogP contribution in [0.1, 0.15) is 18.4 Å². The molecule has 1 N–H and O–H groups in total. The van der Waals surface area contributed by atoms with Crippen molar-refractivity contribution in [2.24, 2.45) is 17.3 Å². The number of carbonyl (C=O) groups excluding carboxylic acids is 1. The summed E-state index contributed by atoms with van der Waals surface area (Å²) in [6.07, 6.45) is 0.959. The first kappa shape index (κ1) is 21.0. The number of nitriles is 3. The summed E-state index contributed by atoms with van der Waals surface area (Å²) >= 11 is 0. The zero-order valence-electron chi connectivity index (χ0n) is 16.0. The fourth-order valence-corrected chi connectivity index (χ4v) is 4.27. The van der Waals surface area contributed by atoms with Crippen molar-refractivity contribution in [3.63, 3.8) is 0 Å². The van der Waals surface area contributed by atoms with Crippen LogP contribution in [0.4, 0.5) is 13.6 Å². The number of carbonyl (C=O) groups is 1. The van der Waals surface area contributed by atoms with Crippen LogP contribution in [0.5, 0.6) is 0 Å². The molecule has 2 aliphatic rings. The third-order valence-corrected chi connectivity index (χ3v) is 5.61. The maximum atomic E-state index is 14.8. The summed E-state index contributed by atoms with van der Waals surface area (Å²) < 4.78 is 33.3. The molecule has 9 heteroatoms. The van der Waals surface area contributed by atoms with E-state index in [0.717, 1.165) is 12.1 Å². The Morgan fingerprint density at radius 2 is 2.03 bits per heavy atom. The number of fused-ring (bicyclic) bond motifs is 1. The monoisotopic (exact) mass is 409 g/mol. The molecule has 152 valence electrons. The van der Waals surface area contributed by atoms with Crippen LogP contribution in [0.25, 0.3) is 0 Å². The number of nitrogens with one attached hydrogen (secondary N) is 1. The molecule has 0 bridgehead atoms. The molecule has 1 heterocycles. The van der Waals surface area contributed by atoms with Gasteiger partial charge in [0.25, 0.3) is 0 Å². The maximum Gasteiger partial charge on any atom is 0.410 e. The van der Waals surface area contributed by atoms with Crippen molar-refractivity contribution in [2.45, 2.75) is 12.8 Å². The van der Waals surface area contributed by atoms with Gasteiger partial charge in [-0.2, -0.15) is 15.8 Å². The average molecular weight is 409 g/mol. The van der Waals surface area contributed by atoms with Gasteiger partial charge in [-0.25, -0.2) is 13.6 Å². The molecule has 0 spiro atoms. The van der Waals surface area contributed by atoms with E-state index in [0.29, 0.717) is 11.6 Å². The largest absolute Gasteiger partial charge is 0.450 e. The molecule has 1 aromatic carbocycles. The molecule has 0 aromatic heterocycles. The molecule has 3 rings (SSSR count). The zero-order chi connectivity index (χ0) is 22.1. The molecule has 1 saturated carbocycles. The second kappa shape index (κ2) is 7.93. The molecule has 1 aliphatic carbocycles. The van der Waals surface area contributed by atoms with Gasteiger partial charge < -0.3 is 15.0 Å². The van der Waals surface area contributed by atoms with Crippen LogP contribution < -0.4 is 0 Å². The van der Waals surface area contributed by atoms with Crippen molar-refractivity contribution < 1.29 is 18.3 Å². The predicted molar refractivity (Wildman–Crippen MR) is 99.8 cm³/mol. The third-order valence-electron chi connectivity index (χ3n) is 5.61. The first-order chi connectivity index (χ1) is 14.3. The van der Waals surface area contributed by atoms with E-state index in [4.69, 9.17) is 10.1 Å². The van der Waals surface area contributed by atoms with Gasteiger partial charge in [0.15, 0.2) is 5.41 Å². The average Bonchev–Trinajstić information content (AvgIpc) is 2.73. The minimum atomic E-state index is -2.15. The SMILES string of the molecule is CCOC(=O)N1CC=C2C(C#N)C(=N)C(C#N)(C#N)[C@@H](c3ccc(F)cc3F)[C@H]2C1. The van der Waals surface area contributed by atoms with Crippen molar-refractivity contribution in [2.75, 3.05) is 19.7 Å². The molecule has 1 unspecified atom stereocenters. The normalized spacial score (nSPS) is 24.5. The first-order valence-corrected chi connectivity index (χ1v) is 9.22. The van der Waals surface area contributed by atoms with Crippen molar-refractivity contribution >= 4 is 11.8 Å². The van der Waals surface area contributed by atoms with E-state index in [1.54, 1.807) is 13.0 Å². The molecule has 0 saturated heterocycles. The number of hydrogen-bond acceptors (Lipinski definition) is 6. The summed E-state index contributed by atoms with van der Waals surface area (Å²) in [7, 11) is 0. The van der Waals surface area contributed by atoms with Crippen LogP contribution in [-0.4, -0.2) is 36.4 Å². The quantitative estimate of drug-likeness (QED) is 0.751. The Kier molecular flexibility index (Phi) is 5.54. The molecule has 1 aliphatic heterocycles. The summed E-state index contributed by atoms with van der Waals surface area (Å²) in [5.41, 5.74) is -2.28. The lowest BCUT2D eigenvalue weighted by molar-refractivity contribution is 0.0990. The van der Waals surface area contributed by atoms with Gasteiger partial charge in [-0.15, -0.1) is 0 Å². The lowest BCUT2D eigenvalue weighted by Crippen LogP contribution is -2.53. The van der Waals surface area contributed by atoms with Crippen LogP contribution in [-0.2, 0) is 4.74 Å². The molecule has 1 amide bonds. The maximum absolute atomic E-state index is 14.8. The highest BCUT2D eigenvalue weighted by Gasteiger charge is 2.58. The summed E-state index contributed by atoms with van der Waals surface area (Å²) in [6.45, 7) is 1.85. The Labute approximate surface area is 171 Å². The van der Waals surface area contributed by atoms with Crippen LogP contribution >= 0.6 is 0 Å². The number of benzene rings is 1. The highest BCUT2D eigenvalue weighted by molar-refractivity contribution is 6.01. The number of amides is 1. The zero-order valence-corrected chi connectivity index (χ0v) is 16.0. The van der Waals surface area contributed by atoms with Gasteiger partial charge in [-0.1, -0.05) is 12.1 Å².